The number of unbranched alkanes of at least 4 members (excludes halogenated alkanes) is 1. The van der Waals surface area contributed by atoms with Gasteiger partial charge in [-0.3, -0.25) is 0 Å². The third-order valence-corrected chi connectivity index (χ3v) is 3.54. The molecular formula is C15H14S. The van der Waals surface area contributed by atoms with Crippen LogP contribution in [0.3, 0.4) is 0 Å². The second-order valence-corrected chi connectivity index (χ2v) is 4.83. The maximum atomic E-state index is 5.22. The maximum Gasteiger partial charge on any atom is 0.00940 e. The first kappa shape index (κ1) is 11.1. The van der Waals surface area contributed by atoms with Crippen molar-refractivity contribution >= 4 is 22.5 Å². The van der Waals surface area contributed by atoms with Crippen LogP contribution in [0, 0.1) is 12.3 Å². The molecule has 0 aliphatic rings. The van der Waals surface area contributed by atoms with Crippen LogP contribution in [0.5, 0.6) is 0 Å². The summed E-state index contributed by atoms with van der Waals surface area (Å²) in [7, 11) is 0. The molecule has 0 spiro atoms. The summed E-state index contributed by atoms with van der Waals surface area (Å²) >= 11 is 1.88. The second kappa shape index (κ2) is 5.63. The molecule has 0 saturated carbocycles. The molecule has 0 radical (unpaired) electrons. The minimum absolute atomic E-state index is 0.876. The van der Waals surface area contributed by atoms with E-state index in [0.29, 0.717) is 0 Å². The molecule has 0 N–H and O–H groups in total. The zero-order chi connectivity index (χ0) is 11.2. The summed E-state index contributed by atoms with van der Waals surface area (Å²) in [6, 6.07) is 15.1. The summed E-state index contributed by atoms with van der Waals surface area (Å²) in [5, 5.41) is 2.61. The fourth-order valence-corrected chi connectivity index (χ4v) is 2.52. The van der Waals surface area contributed by atoms with Crippen molar-refractivity contribution in [1.82, 2.24) is 0 Å². The lowest BCUT2D eigenvalue weighted by molar-refractivity contribution is 0.997. The van der Waals surface area contributed by atoms with Crippen molar-refractivity contribution in [2.24, 2.45) is 0 Å². The van der Waals surface area contributed by atoms with Gasteiger partial charge in [-0.2, -0.15) is 0 Å². The van der Waals surface area contributed by atoms with Crippen molar-refractivity contribution in [2.75, 3.05) is 5.75 Å². The Hall–Kier alpha value is -1.39. The van der Waals surface area contributed by atoms with E-state index >= 15 is 0 Å². The Bertz CT molecular complexity index is 508. The van der Waals surface area contributed by atoms with Crippen LogP contribution in [-0.2, 0) is 0 Å². The first-order valence-corrected chi connectivity index (χ1v) is 6.44. The lowest BCUT2D eigenvalue weighted by atomic mass is 10.1. The summed E-state index contributed by atoms with van der Waals surface area (Å²) in [5.41, 5.74) is 0. The molecule has 2 rings (SSSR count). The van der Waals surface area contributed by atoms with E-state index in [9.17, 15) is 0 Å². The molecule has 1 heteroatoms. The van der Waals surface area contributed by atoms with Crippen LogP contribution in [0.1, 0.15) is 12.8 Å². The zero-order valence-corrected chi connectivity index (χ0v) is 9.96. The Labute approximate surface area is 101 Å². The first-order chi connectivity index (χ1) is 7.90. The largest absolute Gasteiger partial charge is 0.126 e. The lowest BCUT2D eigenvalue weighted by Gasteiger charge is -2.02. The van der Waals surface area contributed by atoms with Gasteiger partial charge in [-0.25, -0.2) is 0 Å². The maximum absolute atomic E-state index is 5.22. The molecule has 2 aromatic carbocycles. The van der Waals surface area contributed by atoms with Crippen molar-refractivity contribution in [1.29, 1.82) is 0 Å². The van der Waals surface area contributed by atoms with E-state index in [0.717, 1.165) is 18.6 Å². The Morgan fingerprint density at radius 2 is 1.88 bits per heavy atom. The number of benzene rings is 2. The highest BCUT2D eigenvalue weighted by Gasteiger charge is 1.96. The molecule has 0 nitrogen and oxygen atoms in total. The molecule has 0 bridgehead atoms. The van der Waals surface area contributed by atoms with Crippen molar-refractivity contribution in [3.05, 3.63) is 42.5 Å². The Kier molecular flexibility index (Phi) is 3.91. The average molecular weight is 226 g/mol. The predicted octanol–water partition coefficient (Wildman–Crippen LogP) is 4.35. The van der Waals surface area contributed by atoms with Crippen LogP contribution in [0.15, 0.2) is 47.4 Å². The highest BCUT2D eigenvalue weighted by Crippen LogP contribution is 2.24. The summed E-state index contributed by atoms with van der Waals surface area (Å²) in [5.74, 6) is 3.77. The monoisotopic (exact) mass is 226 g/mol. The first-order valence-electron chi connectivity index (χ1n) is 5.45. The average Bonchev–Trinajstić information content (AvgIpc) is 2.34. The molecular weight excluding hydrogens is 212 g/mol. The SMILES string of the molecule is C#CCCCSc1ccc2ccccc2c1. The second-order valence-electron chi connectivity index (χ2n) is 3.67. The van der Waals surface area contributed by atoms with Gasteiger partial charge in [0, 0.05) is 11.3 Å². The predicted molar refractivity (Wildman–Crippen MR) is 72.7 cm³/mol. The van der Waals surface area contributed by atoms with Crippen molar-refractivity contribution in [3.8, 4) is 12.3 Å². The van der Waals surface area contributed by atoms with Crippen LogP contribution in [0.4, 0.5) is 0 Å². The van der Waals surface area contributed by atoms with Crippen LogP contribution in [0.25, 0.3) is 10.8 Å². The molecule has 0 unspecified atom stereocenters. The van der Waals surface area contributed by atoms with Crippen LogP contribution in [0.2, 0.25) is 0 Å². The molecule has 0 aliphatic heterocycles. The van der Waals surface area contributed by atoms with Gasteiger partial charge in [0.2, 0.25) is 0 Å². The van der Waals surface area contributed by atoms with Crippen LogP contribution >= 0.6 is 11.8 Å². The molecule has 0 atom stereocenters. The topological polar surface area (TPSA) is 0 Å². The summed E-state index contributed by atoms with van der Waals surface area (Å²) in [6.45, 7) is 0. The Balaban J connectivity index is 2.05. The highest BCUT2D eigenvalue weighted by atomic mass is 32.2. The molecule has 0 amide bonds. The Morgan fingerprint density at radius 1 is 1.06 bits per heavy atom. The highest BCUT2D eigenvalue weighted by molar-refractivity contribution is 7.99. The van der Waals surface area contributed by atoms with E-state index in [-0.39, 0.29) is 0 Å². The fourth-order valence-electron chi connectivity index (χ4n) is 1.62. The minimum atomic E-state index is 0.876. The number of thioether (sulfide) groups is 1. The smallest absolute Gasteiger partial charge is 0.00940 e. The molecule has 0 aromatic heterocycles. The molecule has 16 heavy (non-hydrogen) atoms. The van der Waals surface area contributed by atoms with Gasteiger partial charge in [-0.1, -0.05) is 30.3 Å². The van der Waals surface area contributed by atoms with Crippen molar-refractivity contribution < 1.29 is 0 Å². The lowest BCUT2D eigenvalue weighted by Crippen LogP contribution is -1.79. The quantitative estimate of drug-likeness (QED) is 0.424. The number of rotatable bonds is 4. The van der Waals surface area contributed by atoms with E-state index in [4.69, 9.17) is 6.42 Å². The Morgan fingerprint density at radius 3 is 2.69 bits per heavy atom. The summed E-state index contributed by atoms with van der Waals surface area (Å²) in [4.78, 5) is 1.33. The summed E-state index contributed by atoms with van der Waals surface area (Å²) in [6.07, 6.45) is 7.19. The van der Waals surface area contributed by atoms with E-state index in [2.05, 4.69) is 48.4 Å². The molecule has 0 fully saturated rings. The third-order valence-electron chi connectivity index (χ3n) is 2.46. The van der Waals surface area contributed by atoms with Gasteiger partial charge in [0.25, 0.3) is 0 Å². The van der Waals surface area contributed by atoms with Crippen molar-refractivity contribution in [2.45, 2.75) is 17.7 Å². The zero-order valence-electron chi connectivity index (χ0n) is 9.15. The van der Waals surface area contributed by atoms with Gasteiger partial charge < -0.3 is 0 Å². The fraction of sp³-hybridized carbons (Fsp3) is 0.200. The third kappa shape index (κ3) is 2.81. The van der Waals surface area contributed by atoms with E-state index in [1.54, 1.807) is 0 Å². The van der Waals surface area contributed by atoms with Crippen LogP contribution in [-0.4, -0.2) is 5.75 Å². The van der Waals surface area contributed by atoms with Gasteiger partial charge in [0.05, 0.1) is 0 Å². The normalized spacial score (nSPS) is 10.2. The molecule has 2 aromatic rings. The van der Waals surface area contributed by atoms with Crippen LogP contribution < -0.4 is 0 Å². The summed E-state index contributed by atoms with van der Waals surface area (Å²) < 4.78 is 0. The van der Waals surface area contributed by atoms with Gasteiger partial charge in [0.15, 0.2) is 0 Å². The van der Waals surface area contributed by atoms with E-state index < -0.39 is 0 Å². The van der Waals surface area contributed by atoms with Gasteiger partial charge in [-0.15, -0.1) is 24.1 Å². The molecule has 80 valence electrons. The standard InChI is InChI=1S/C15H14S/c1-2-3-6-11-16-15-10-9-13-7-4-5-8-14(13)12-15/h1,4-5,7-10,12H,3,6,11H2. The molecule has 0 heterocycles. The number of hydrogen-bond acceptors (Lipinski definition) is 1. The molecule has 0 aliphatic carbocycles. The van der Waals surface area contributed by atoms with E-state index in [1.165, 1.54) is 15.7 Å². The molecule has 0 saturated heterocycles. The number of fused-ring (bicyclic) bond motifs is 1. The van der Waals surface area contributed by atoms with Gasteiger partial charge in [-0.05, 0) is 35.1 Å². The van der Waals surface area contributed by atoms with Gasteiger partial charge in [0.1, 0.15) is 0 Å². The van der Waals surface area contributed by atoms with Crippen molar-refractivity contribution in [3.63, 3.8) is 0 Å². The minimum Gasteiger partial charge on any atom is -0.126 e. The van der Waals surface area contributed by atoms with E-state index in [1.807, 2.05) is 11.8 Å². The number of terminal acetylenes is 1. The van der Waals surface area contributed by atoms with Gasteiger partial charge >= 0.3 is 0 Å². The number of hydrogen-bond donors (Lipinski definition) is 0.